The zero-order chi connectivity index (χ0) is 15.8. The van der Waals surface area contributed by atoms with Gasteiger partial charge in [-0.2, -0.15) is 0 Å². The van der Waals surface area contributed by atoms with Gasteiger partial charge in [0.1, 0.15) is 5.69 Å². The Kier molecular flexibility index (Phi) is 6.81. The lowest BCUT2D eigenvalue weighted by Gasteiger charge is -2.17. The van der Waals surface area contributed by atoms with Gasteiger partial charge in [0.05, 0.1) is 23.9 Å². The van der Waals surface area contributed by atoms with Crippen LogP contribution in [0, 0.1) is 6.92 Å². The first-order valence-corrected chi connectivity index (χ1v) is 7.00. The molecule has 0 saturated heterocycles. The summed E-state index contributed by atoms with van der Waals surface area (Å²) in [6, 6.07) is 2.76. The number of aryl methyl sites for hydroxylation is 1. The lowest BCUT2D eigenvalue weighted by Crippen LogP contribution is -2.38. The normalized spacial score (nSPS) is 12.0. The SMILES string of the molecule is CCCCC(COC)NC(=O)c1ccc(C(=O)O)c(C)n1. The summed E-state index contributed by atoms with van der Waals surface area (Å²) in [5.74, 6) is -1.36. The molecule has 0 aromatic carbocycles. The minimum absolute atomic E-state index is 0.0660. The summed E-state index contributed by atoms with van der Waals surface area (Å²) in [6.45, 7) is 4.10. The van der Waals surface area contributed by atoms with Crippen molar-refractivity contribution in [3.8, 4) is 0 Å². The van der Waals surface area contributed by atoms with Crippen molar-refractivity contribution in [1.82, 2.24) is 10.3 Å². The van der Waals surface area contributed by atoms with Gasteiger partial charge < -0.3 is 15.2 Å². The Bertz CT molecular complexity index is 502. The van der Waals surface area contributed by atoms with Gasteiger partial charge in [0.2, 0.25) is 0 Å². The number of unbranched alkanes of at least 4 members (excludes halogenated alkanes) is 1. The fraction of sp³-hybridized carbons (Fsp3) is 0.533. The number of carboxylic acid groups (broad SMARTS) is 1. The van der Waals surface area contributed by atoms with Crippen molar-refractivity contribution < 1.29 is 19.4 Å². The number of carbonyl (C=O) groups excluding carboxylic acids is 1. The number of aromatic nitrogens is 1. The van der Waals surface area contributed by atoms with Gasteiger partial charge in [-0.3, -0.25) is 4.79 Å². The van der Waals surface area contributed by atoms with E-state index in [2.05, 4.69) is 17.2 Å². The highest BCUT2D eigenvalue weighted by molar-refractivity contribution is 5.94. The van der Waals surface area contributed by atoms with Crippen LogP contribution in [-0.2, 0) is 4.74 Å². The molecule has 0 aliphatic carbocycles. The van der Waals surface area contributed by atoms with Gasteiger partial charge >= 0.3 is 5.97 Å². The molecular weight excluding hydrogens is 272 g/mol. The van der Waals surface area contributed by atoms with Crippen molar-refractivity contribution in [2.75, 3.05) is 13.7 Å². The highest BCUT2D eigenvalue weighted by Gasteiger charge is 2.16. The topological polar surface area (TPSA) is 88.5 Å². The van der Waals surface area contributed by atoms with Gasteiger partial charge in [-0.15, -0.1) is 0 Å². The zero-order valence-electron chi connectivity index (χ0n) is 12.7. The van der Waals surface area contributed by atoms with E-state index in [1.54, 1.807) is 14.0 Å². The molecule has 1 aromatic rings. The minimum Gasteiger partial charge on any atom is -0.478 e. The van der Waals surface area contributed by atoms with Crippen molar-refractivity contribution in [2.45, 2.75) is 39.2 Å². The molecule has 6 heteroatoms. The summed E-state index contributed by atoms with van der Waals surface area (Å²) in [5, 5.41) is 11.8. The summed E-state index contributed by atoms with van der Waals surface area (Å²) in [6.07, 6.45) is 2.88. The Morgan fingerprint density at radius 1 is 1.43 bits per heavy atom. The van der Waals surface area contributed by atoms with E-state index in [0.717, 1.165) is 19.3 Å². The van der Waals surface area contributed by atoms with Gasteiger partial charge in [-0.25, -0.2) is 9.78 Å². The van der Waals surface area contributed by atoms with Crippen LogP contribution in [0.5, 0.6) is 0 Å². The molecule has 0 aliphatic rings. The second-order valence-corrected chi connectivity index (χ2v) is 4.90. The number of ether oxygens (including phenoxy) is 1. The number of rotatable bonds is 8. The van der Waals surface area contributed by atoms with Crippen LogP contribution in [0.4, 0.5) is 0 Å². The number of nitrogens with one attached hydrogen (secondary N) is 1. The summed E-state index contributed by atoms with van der Waals surface area (Å²) in [4.78, 5) is 27.1. The summed E-state index contributed by atoms with van der Waals surface area (Å²) >= 11 is 0. The molecule has 0 aliphatic heterocycles. The maximum absolute atomic E-state index is 12.1. The van der Waals surface area contributed by atoms with Crippen LogP contribution >= 0.6 is 0 Å². The molecule has 116 valence electrons. The van der Waals surface area contributed by atoms with Crippen LogP contribution in [0.15, 0.2) is 12.1 Å². The number of nitrogens with zero attached hydrogens (tertiary/aromatic N) is 1. The molecule has 6 nitrogen and oxygen atoms in total. The van der Waals surface area contributed by atoms with E-state index in [0.29, 0.717) is 12.3 Å². The van der Waals surface area contributed by atoms with E-state index in [1.807, 2.05) is 0 Å². The molecule has 2 N–H and O–H groups in total. The Morgan fingerprint density at radius 2 is 2.14 bits per heavy atom. The van der Waals surface area contributed by atoms with E-state index < -0.39 is 5.97 Å². The fourth-order valence-electron chi connectivity index (χ4n) is 2.02. The third-order valence-corrected chi connectivity index (χ3v) is 3.16. The number of carbonyl (C=O) groups is 2. The lowest BCUT2D eigenvalue weighted by atomic mass is 10.1. The average Bonchev–Trinajstić information content (AvgIpc) is 2.44. The third kappa shape index (κ3) is 5.15. The second kappa shape index (κ2) is 8.36. The summed E-state index contributed by atoms with van der Waals surface area (Å²) in [5.41, 5.74) is 0.646. The first-order valence-electron chi connectivity index (χ1n) is 7.00. The molecule has 21 heavy (non-hydrogen) atoms. The van der Waals surface area contributed by atoms with Gasteiger partial charge in [-0.1, -0.05) is 19.8 Å². The van der Waals surface area contributed by atoms with Crippen molar-refractivity contribution in [1.29, 1.82) is 0 Å². The van der Waals surface area contributed by atoms with Crippen LogP contribution in [-0.4, -0.2) is 41.7 Å². The zero-order valence-corrected chi connectivity index (χ0v) is 12.7. The summed E-state index contributed by atoms with van der Waals surface area (Å²) < 4.78 is 5.10. The smallest absolute Gasteiger partial charge is 0.337 e. The van der Waals surface area contributed by atoms with Crippen LogP contribution in [0.2, 0.25) is 0 Å². The van der Waals surface area contributed by atoms with Gasteiger partial charge in [0, 0.05) is 7.11 Å². The van der Waals surface area contributed by atoms with Crippen molar-refractivity contribution in [3.05, 3.63) is 29.1 Å². The first-order chi connectivity index (χ1) is 9.99. The Labute approximate surface area is 124 Å². The Balaban J connectivity index is 2.77. The van der Waals surface area contributed by atoms with E-state index >= 15 is 0 Å². The van der Waals surface area contributed by atoms with Gasteiger partial charge in [-0.05, 0) is 25.5 Å². The minimum atomic E-state index is -1.05. The standard InChI is InChI=1S/C15H22N2O4/c1-4-5-6-11(9-21-3)17-14(18)13-8-7-12(15(19)20)10(2)16-13/h7-8,11H,4-6,9H2,1-3H3,(H,17,18)(H,19,20). The number of methoxy groups -OCH3 is 1. The van der Waals surface area contributed by atoms with E-state index in [9.17, 15) is 9.59 Å². The van der Waals surface area contributed by atoms with E-state index in [4.69, 9.17) is 9.84 Å². The lowest BCUT2D eigenvalue weighted by molar-refractivity contribution is 0.0694. The Morgan fingerprint density at radius 3 is 2.67 bits per heavy atom. The molecule has 1 aromatic heterocycles. The van der Waals surface area contributed by atoms with E-state index in [-0.39, 0.29) is 23.2 Å². The molecule has 1 unspecified atom stereocenters. The van der Waals surface area contributed by atoms with Gasteiger partial charge in [0.15, 0.2) is 0 Å². The quantitative estimate of drug-likeness (QED) is 0.765. The number of amides is 1. The van der Waals surface area contributed by atoms with Crippen LogP contribution in [0.1, 0.15) is 52.7 Å². The first kappa shape index (κ1) is 17.1. The molecule has 1 rings (SSSR count). The molecule has 0 radical (unpaired) electrons. The number of hydrogen-bond acceptors (Lipinski definition) is 4. The number of aromatic carboxylic acids is 1. The predicted octanol–water partition coefficient (Wildman–Crippen LogP) is 2.02. The van der Waals surface area contributed by atoms with Crippen molar-refractivity contribution in [3.63, 3.8) is 0 Å². The molecule has 0 fully saturated rings. The number of hydrogen-bond donors (Lipinski definition) is 2. The number of carboxylic acids is 1. The maximum Gasteiger partial charge on any atom is 0.337 e. The predicted molar refractivity (Wildman–Crippen MR) is 78.6 cm³/mol. The highest BCUT2D eigenvalue weighted by atomic mass is 16.5. The highest BCUT2D eigenvalue weighted by Crippen LogP contribution is 2.08. The monoisotopic (exact) mass is 294 g/mol. The van der Waals surface area contributed by atoms with Gasteiger partial charge in [0.25, 0.3) is 5.91 Å². The third-order valence-electron chi connectivity index (χ3n) is 3.16. The average molecular weight is 294 g/mol. The van der Waals surface area contributed by atoms with Crippen LogP contribution in [0.25, 0.3) is 0 Å². The molecule has 0 bridgehead atoms. The second-order valence-electron chi connectivity index (χ2n) is 4.90. The molecule has 0 spiro atoms. The van der Waals surface area contributed by atoms with Crippen LogP contribution in [0.3, 0.4) is 0 Å². The van der Waals surface area contributed by atoms with Crippen LogP contribution < -0.4 is 5.32 Å². The summed E-state index contributed by atoms with van der Waals surface area (Å²) in [7, 11) is 1.59. The maximum atomic E-state index is 12.1. The fourth-order valence-corrected chi connectivity index (χ4v) is 2.02. The van der Waals surface area contributed by atoms with Crippen molar-refractivity contribution in [2.24, 2.45) is 0 Å². The molecule has 0 saturated carbocycles. The van der Waals surface area contributed by atoms with E-state index in [1.165, 1.54) is 12.1 Å². The molecular formula is C15H22N2O4. The molecule has 1 heterocycles. The largest absolute Gasteiger partial charge is 0.478 e. The Hall–Kier alpha value is -1.95. The molecule has 1 amide bonds. The van der Waals surface area contributed by atoms with Crippen molar-refractivity contribution >= 4 is 11.9 Å². The molecule has 1 atom stereocenters. The number of pyridine rings is 1.